The highest BCUT2D eigenvalue weighted by atomic mass is 16.6. The van der Waals surface area contributed by atoms with Crippen LogP contribution in [0.3, 0.4) is 0 Å². The maximum absolute atomic E-state index is 11.7. The second-order valence-corrected chi connectivity index (χ2v) is 5.20. The first-order valence-electron chi connectivity index (χ1n) is 6.56. The van der Waals surface area contributed by atoms with Crippen LogP contribution in [0.4, 0.5) is 4.79 Å². The standard InChI is InChI=1S/C13H21N3O5/c1-5-20-11(18)10(7-6-9(17)8-15-14)16-12(19)21-13(2,3)4/h8,10H,5-7H2,1-4H3,(H,16,19)/t10-/m1/s1. The number of alkyl carbamates (subject to hydrolysis) is 1. The third kappa shape index (κ3) is 9.34. The topological polar surface area (TPSA) is 118 Å². The van der Waals surface area contributed by atoms with E-state index in [0.717, 1.165) is 6.21 Å². The smallest absolute Gasteiger partial charge is 0.408 e. The van der Waals surface area contributed by atoms with Gasteiger partial charge in [-0.3, -0.25) is 4.79 Å². The summed E-state index contributed by atoms with van der Waals surface area (Å²) in [6.07, 6.45) is -0.106. The number of ether oxygens (including phenoxy) is 2. The van der Waals surface area contributed by atoms with Crippen molar-refractivity contribution in [2.24, 2.45) is 0 Å². The van der Waals surface area contributed by atoms with Crippen LogP contribution in [0.1, 0.15) is 40.5 Å². The molecule has 1 amide bonds. The molecule has 0 rings (SSSR count). The van der Waals surface area contributed by atoms with Crippen LogP contribution >= 0.6 is 0 Å². The van der Waals surface area contributed by atoms with Gasteiger partial charge in [-0.1, -0.05) is 0 Å². The van der Waals surface area contributed by atoms with Gasteiger partial charge in [0.25, 0.3) is 0 Å². The van der Waals surface area contributed by atoms with Gasteiger partial charge in [-0.2, -0.15) is 4.79 Å². The summed E-state index contributed by atoms with van der Waals surface area (Å²) in [4.78, 5) is 37.2. The molecule has 0 radical (unpaired) electrons. The Morgan fingerprint density at radius 1 is 1.33 bits per heavy atom. The van der Waals surface area contributed by atoms with Crippen LogP contribution in [0, 0.1) is 0 Å². The monoisotopic (exact) mass is 299 g/mol. The van der Waals surface area contributed by atoms with E-state index in [2.05, 4.69) is 10.1 Å². The molecule has 0 aromatic heterocycles. The number of hydrogen-bond donors (Lipinski definition) is 1. The molecule has 0 fully saturated rings. The Labute approximate surface area is 123 Å². The largest absolute Gasteiger partial charge is 0.464 e. The molecule has 0 aliphatic heterocycles. The Morgan fingerprint density at radius 2 is 1.95 bits per heavy atom. The first-order valence-corrected chi connectivity index (χ1v) is 6.56. The maximum atomic E-state index is 11.7. The molecule has 0 heterocycles. The number of ketones is 1. The molecule has 0 unspecified atom stereocenters. The van der Waals surface area contributed by atoms with E-state index < -0.39 is 29.5 Å². The first kappa shape index (κ1) is 18.8. The Bertz CT molecular complexity index is 436. The molecule has 1 atom stereocenters. The van der Waals surface area contributed by atoms with Crippen molar-refractivity contribution < 1.29 is 28.6 Å². The van der Waals surface area contributed by atoms with E-state index in [4.69, 9.17) is 15.0 Å². The van der Waals surface area contributed by atoms with Crippen LogP contribution in [0.25, 0.3) is 5.53 Å². The van der Waals surface area contributed by atoms with Crippen LogP contribution in [0.2, 0.25) is 0 Å². The van der Waals surface area contributed by atoms with Gasteiger partial charge >= 0.3 is 18.3 Å². The second kappa shape index (κ2) is 8.86. The number of carbonyl (C=O) groups excluding carboxylic acids is 3. The van der Waals surface area contributed by atoms with E-state index in [1.807, 2.05) is 0 Å². The van der Waals surface area contributed by atoms with Gasteiger partial charge in [0.05, 0.1) is 6.61 Å². The fourth-order valence-electron chi connectivity index (χ4n) is 1.36. The van der Waals surface area contributed by atoms with Crippen molar-refractivity contribution in [2.45, 2.75) is 52.2 Å². The van der Waals surface area contributed by atoms with E-state index in [0.29, 0.717) is 0 Å². The lowest BCUT2D eigenvalue weighted by molar-refractivity contribution is -0.145. The lowest BCUT2D eigenvalue weighted by Crippen LogP contribution is -2.44. The minimum absolute atomic E-state index is 0.0168. The molecule has 0 aromatic rings. The normalized spacial score (nSPS) is 11.8. The van der Waals surface area contributed by atoms with Gasteiger partial charge in [0.15, 0.2) is 0 Å². The summed E-state index contributed by atoms with van der Waals surface area (Å²) < 4.78 is 9.87. The van der Waals surface area contributed by atoms with E-state index in [1.54, 1.807) is 27.7 Å². The van der Waals surface area contributed by atoms with E-state index in [9.17, 15) is 14.4 Å². The molecule has 0 spiro atoms. The van der Waals surface area contributed by atoms with E-state index in [1.165, 1.54) is 0 Å². The molecule has 118 valence electrons. The molecule has 8 nitrogen and oxygen atoms in total. The molecule has 0 aliphatic carbocycles. The van der Waals surface area contributed by atoms with Crippen molar-refractivity contribution in [2.75, 3.05) is 6.61 Å². The number of esters is 1. The average molecular weight is 299 g/mol. The van der Waals surface area contributed by atoms with Gasteiger partial charge in [-0.15, -0.1) is 0 Å². The van der Waals surface area contributed by atoms with Gasteiger partial charge in [0.1, 0.15) is 11.6 Å². The van der Waals surface area contributed by atoms with Crippen molar-refractivity contribution in [1.29, 1.82) is 0 Å². The van der Waals surface area contributed by atoms with Crippen molar-refractivity contribution in [3.63, 3.8) is 0 Å². The van der Waals surface area contributed by atoms with E-state index >= 15 is 0 Å². The third-order valence-corrected chi connectivity index (χ3v) is 2.14. The van der Waals surface area contributed by atoms with Gasteiger partial charge in [-0.05, 0) is 34.1 Å². The molecule has 0 aliphatic rings. The summed E-state index contributed by atoms with van der Waals surface area (Å²) >= 11 is 0. The van der Waals surface area contributed by atoms with Gasteiger partial charge in [0, 0.05) is 6.42 Å². The number of rotatable bonds is 7. The summed E-state index contributed by atoms with van der Waals surface area (Å²) in [5.41, 5.74) is 7.53. The Balaban J connectivity index is 4.66. The molecule has 0 aromatic carbocycles. The lowest BCUT2D eigenvalue weighted by atomic mass is 10.1. The maximum Gasteiger partial charge on any atom is 0.408 e. The third-order valence-electron chi connectivity index (χ3n) is 2.14. The number of Topliss-reactive ketones (excluding diaryl/α,β-unsaturated/α-hetero) is 1. The SMILES string of the molecule is CCOC(=O)[C@@H](CCC(=O)C=[N+]=[N-])NC(=O)OC(C)(C)C. The van der Waals surface area contributed by atoms with Crippen LogP contribution < -0.4 is 5.32 Å². The van der Waals surface area contributed by atoms with Crippen LogP contribution in [-0.2, 0) is 19.1 Å². The van der Waals surface area contributed by atoms with Crippen molar-refractivity contribution in [3.05, 3.63) is 5.53 Å². The van der Waals surface area contributed by atoms with Gasteiger partial charge < -0.3 is 20.3 Å². The average Bonchev–Trinajstić information content (AvgIpc) is 2.32. The Hall–Kier alpha value is -2.21. The fraction of sp³-hybridized carbons (Fsp3) is 0.692. The fourth-order valence-corrected chi connectivity index (χ4v) is 1.36. The predicted molar refractivity (Wildman–Crippen MR) is 73.7 cm³/mol. The van der Waals surface area contributed by atoms with Crippen LogP contribution in [0.15, 0.2) is 0 Å². The minimum atomic E-state index is -1.00. The number of amides is 1. The zero-order valence-electron chi connectivity index (χ0n) is 12.7. The number of nitrogens with zero attached hydrogens (tertiary/aromatic N) is 2. The number of nitrogens with one attached hydrogen (secondary N) is 1. The number of hydrogen-bond acceptors (Lipinski definition) is 5. The molecular weight excluding hydrogens is 278 g/mol. The highest BCUT2D eigenvalue weighted by molar-refractivity contribution is 6.25. The van der Waals surface area contributed by atoms with Crippen LogP contribution in [0.5, 0.6) is 0 Å². The molecular formula is C13H21N3O5. The minimum Gasteiger partial charge on any atom is -0.464 e. The molecule has 0 saturated heterocycles. The highest BCUT2D eigenvalue weighted by Gasteiger charge is 2.26. The summed E-state index contributed by atoms with van der Waals surface area (Å²) in [5.74, 6) is -1.13. The Kier molecular flexibility index (Phi) is 7.93. The molecule has 8 heteroatoms. The zero-order chi connectivity index (χ0) is 16.5. The first-order chi connectivity index (χ1) is 9.69. The van der Waals surface area contributed by atoms with Crippen LogP contribution in [-0.4, -0.2) is 47.1 Å². The van der Waals surface area contributed by atoms with Gasteiger partial charge in [-0.25, -0.2) is 9.59 Å². The van der Waals surface area contributed by atoms with E-state index in [-0.39, 0.29) is 19.4 Å². The summed E-state index contributed by atoms with van der Waals surface area (Å²) in [6, 6.07) is -1.00. The molecule has 1 N–H and O–H groups in total. The number of carbonyl (C=O) groups is 3. The molecule has 0 bridgehead atoms. The van der Waals surface area contributed by atoms with Crippen molar-refractivity contribution in [3.8, 4) is 0 Å². The van der Waals surface area contributed by atoms with Gasteiger partial charge in [0.2, 0.25) is 5.78 Å². The molecule has 0 saturated carbocycles. The van der Waals surface area contributed by atoms with Crippen molar-refractivity contribution in [1.82, 2.24) is 5.32 Å². The quantitative estimate of drug-likeness (QED) is 0.327. The summed E-state index contributed by atoms with van der Waals surface area (Å²) in [6.45, 7) is 6.84. The zero-order valence-corrected chi connectivity index (χ0v) is 12.7. The highest BCUT2D eigenvalue weighted by Crippen LogP contribution is 2.08. The Morgan fingerprint density at radius 3 is 2.43 bits per heavy atom. The summed E-state index contributed by atoms with van der Waals surface area (Å²) in [5, 5.41) is 2.36. The predicted octanol–water partition coefficient (Wildman–Crippen LogP) is 1.09. The molecule has 21 heavy (non-hydrogen) atoms. The summed E-state index contributed by atoms with van der Waals surface area (Å²) in [7, 11) is 0. The second-order valence-electron chi connectivity index (χ2n) is 5.20. The lowest BCUT2D eigenvalue weighted by Gasteiger charge is -2.22. The van der Waals surface area contributed by atoms with Crippen molar-refractivity contribution >= 4 is 24.1 Å².